The molecule has 7 nitrogen and oxygen atoms in total. The quantitative estimate of drug-likeness (QED) is 0.171. The highest BCUT2D eigenvalue weighted by Crippen LogP contribution is 2.37. The Morgan fingerprint density at radius 1 is 0.975 bits per heavy atom. The van der Waals surface area contributed by atoms with Crippen LogP contribution in [0.3, 0.4) is 0 Å². The molecule has 4 aromatic rings. The Morgan fingerprint density at radius 2 is 1.75 bits per heavy atom. The van der Waals surface area contributed by atoms with Gasteiger partial charge in [-0.25, -0.2) is 4.68 Å². The second-order valence-electron chi connectivity index (χ2n) is 10.7. The van der Waals surface area contributed by atoms with Gasteiger partial charge < -0.3 is 14.9 Å². The molecule has 212 valence electrons. The summed E-state index contributed by atoms with van der Waals surface area (Å²) in [6.45, 7) is 7.94. The number of aromatic nitrogens is 3. The molecular formula is C33H41N3O4. The molecule has 3 aromatic carbocycles. The van der Waals surface area contributed by atoms with Gasteiger partial charge in [-0.1, -0.05) is 79.6 Å². The first-order valence-corrected chi connectivity index (χ1v) is 14.3. The number of carbonyl (C=O) groups is 1. The number of rotatable bonds is 15. The van der Waals surface area contributed by atoms with Crippen LogP contribution in [0.15, 0.2) is 60.7 Å². The molecule has 40 heavy (non-hydrogen) atoms. The van der Waals surface area contributed by atoms with Crippen molar-refractivity contribution in [1.29, 1.82) is 0 Å². The van der Waals surface area contributed by atoms with Crippen molar-refractivity contribution in [2.75, 3.05) is 6.61 Å². The molecule has 0 amide bonds. The minimum atomic E-state index is -1.10. The van der Waals surface area contributed by atoms with Gasteiger partial charge in [-0.3, -0.25) is 4.79 Å². The molecule has 0 radical (unpaired) electrons. The molecule has 0 saturated carbocycles. The first kappa shape index (κ1) is 29.4. The summed E-state index contributed by atoms with van der Waals surface area (Å²) in [5.41, 5.74) is 6.12. The molecule has 0 spiro atoms. The lowest BCUT2D eigenvalue weighted by Crippen LogP contribution is -2.38. The first-order valence-electron chi connectivity index (χ1n) is 14.3. The van der Waals surface area contributed by atoms with E-state index in [1.807, 2.05) is 74.0 Å². The van der Waals surface area contributed by atoms with Gasteiger partial charge in [-0.2, -0.15) is 0 Å². The van der Waals surface area contributed by atoms with Gasteiger partial charge in [0.2, 0.25) is 0 Å². The number of nitrogens with zero attached hydrogens (tertiary/aromatic N) is 3. The fourth-order valence-electron chi connectivity index (χ4n) is 5.54. The smallest absolute Gasteiger partial charge is 0.314 e. The summed E-state index contributed by atoms with van der Waals surface area (Å²) < 4.78 is 7.71. The minimum Gasteiger partial charge on any atom is -0.481 e. The normalized spacial score (nSPS) is 13.0. The number of hydrogen-bond donors (Lipinski definition) is 2. The zero-order chi connectivity index (χ0) is 28.5. The van der Waals surface area contributed by atoms with Crippen LogP contribution >= 0.6 is 0 Å². The van der Waals surface area contributed by atoms with Crippen LogP contribution in [0, 0.1) is 13.8 Å². The van der Waals surface area contributed by atoms with Crippen molar-refractivity contribution in [3.05, 3.63) is 94.0 Å². The SMILES string of the molecule is CCC(Cc1ccc(C)c(CO)c1)(C(=O)O)c1ccc2c(nnn2CCCCCCOCc2ccccc2)c1C. The predicted octanol–water partition coefficient (Wildman–Crippen LogP) is 6.29. The number of benzene rings is 3. The molecule has 0 aliphatic carbocycles. The Balaban J connectivity index is 1.40. The van der Waals surface area contributed by atoms with Gasteiger partial charge in [0.05, 0.1) is 24.1 Å². The van der Waals surface area contributed by atoms with Crippen LogP contribution < -0.4 is 0 Å². The van der Waals surface area contributed by atoms with E-state index in [1.54, 1.807) is 0 Å². The third-order valence-corrected chi connectivity index (χ3v) is 8.08. The van der Waals surface area contributed by atoms with E-state index in [1.165, 1.54) is 5.56 Å². The fourth-order valence-corrected chi connectivity index (χ4v) is 5.54. The molecule has 0 aliphatic rings. The van der Waals surface area contributed by atoms with Crippen molar-refractivity contribution in [3.63, 3.8) is 0 Å². The van der Waals surface area contributed by atoms with E-state index < -0.39 is 11.4 Å². The highest BCUT2D eigenvalue weighted by molar-refractivity contribution is 5.87. The van der Waals surface area contributed by atoms with E-state index >= 15 is 0 Å². The maximum Gasteiger partial charge on any atom is 0.314 e. The molecule has 2 N–H and O–H groups in total. The molecular weight excluding hydrogens is 502 g/mol. The molecule has 1 atom stereocenters. The van der Waals surface area contributed by atoms with E-state index in [-0.39, 0.29) is 6.61 Å². The maximum atomic E-state index is 12.8. The van der Waals surface area contributed by atoms with Crippen LogP contribution in [-0.2, 0) is 41.1 Å². The lowest BCUT2D eigenvalue weighted by atomic mass is 9.71. The van der Waals surface area contributed by atoms with Crippen molar-refractivity contribution in [1.82, 2.24) is 15.0 Å². The van der Waals surface area contributed by atoms with Gasteiger partial charge in [0.1, 0.15) is 5.52 Å². The summed E-state index contributed by atoms with van der Waals surface area (Å²) in [6.07, 6.45) is 4.97. The molecule has 4 rings (SSSR count). The van der Waals surface area contributed by atoms with Crippen molar-refractivity contribution in [2.24, 2.45) is 0 Å². The van der Waals surface area contributed by atoms with Crippen molar-refractivity contribution < 1.29 is 19.7 Å². The second kappa shape index (κ2) is 13.7. The molecule has 1 aromatic heterocycles. The summed E-state index contributed by atoms with van der Waals surface area (Å²) in [6, 6.07) is 20.0. The van der Waals surface area contributed by atoms with Crippen LogP contribution in [0.25, 0.3) is 11.0 Å². The van der Waals surface area contributed by atoms with Gasteiger partial charge in [0.25, 0.3) is 0 Å². The van der Waals surface area contributed by atoms with E-state index in [2.05, 4.69) is 22.4 Å². The van der Waals surface area contributed by atoms with Gasteiger partial charge in [-0.05, 0) is 79.0 Å². The second-order valence-corrected chi connectivity index (χ2v) is 10.7. The number of ether oxygens (including phenoxy) is 1. The third-order valence-electron chi connectivity index (χ3n) is 8.08. The summed E-state index contributed by atoms with van der Waals surface area (Å²) in [5.74, 6) is -0.858. The lowest BCUT2D eigenvalue weighted by molar-refractivity contribution is -0.144. The van der Waals surface area contributed by atoms with Crippen LogP contribution in [0.1, 0.15) is 72.4 Å². The number of aliphatic carboxylic acids is 1. The van der Waals surface area contributed by atoms with Gasteiger partial charge in [0.15, 0.2) is 0 Å². The van der Waals surface area contributed by atoms with Crippen LogP contribution in [-0.4, -0.2) is 37.8 Å². The molecule has 0 bridgehead atoms. The van der Waals surface area contributed by atoms with Gasteiger partial charge >= 0.3 is 5.97 Å². The zero-order valence-electron chi connectivity index (χ0n) is 23.9. The zero-order valence-corrected chi connectivity index (χ0v) is 23.9. The Hall–Kier alpha value is -3.55. The largest absolute Gasteiger partial charge is 0.481 e. The number of aryl methyl sites for hydroxylation is 3. The topological polar surface area (TPSA) is 97.5 Å². The molecule has 0 saturated heterocycles. The summed E-state index contributed by atoms with van der Waals surface area (Å²) in [7, 11) is 0. The van der Waals surface area contributed by atoms with Crippen molar-refractivity contribution in [2.45, 2.75) is 84.5 Å². The number of aliphatic hydroxyl groups is 1. The maximum absolute atomic E-state index is 12.8. The van der Waals surface area contributed by atoms with Crippen molar-refractivity contribution in [3.8, 4) is 0 Å². The number of aliphatic hydroxyl groups excluding tert-OH is 1. The Kier molecular flexibility index (Phi) is 10.1. The minimum absolute atomic E-state index is 0.0675. The molecule has 0 fully saturated rings. The average Bonchev–Trinajstić information content (AvgIpc) is 3.38. The number of hydrogen-bond acceptors (Lipinski definition) is 5. The van der Waals surface area contributed by atoms with E-state index in [0.717, 1.165) is 77.7 Å². The Bertz CT molecular complexity index is 1420. The highest BCUT2D eigenvalue weighted by Gasteiger charge is 2.40. The summed E-state index contributed by atoms with van der Waals surface area (Å²) >= 11 is 0. The van der Waals surface area contributed by atoms with Crippen LogP contribution in [0.4, 0.5) is 0 Å². The third kappa shape index (κ3) is 6.60. The molecule has 7 heteroatoms. The lowest BCUT2D eigenvalue weighted by Gasteiger charge is -2.31. The number of unbranched alkanes of at least 4 members (excludes halogenated alkanes) is 3. The monoisotopic (exact) mass is 543 g/mol. The highest BCUT2D eigenvalue weighted by atomic mass is 16.5. The number of carboxylic acids is 1. The number of carboxylic acid groups (broad SMARTS) is 1. The van der Waals surface area contributed by atoms with Crippen molar-refractivity contribution >= 4 is 17.0 Å². The Morgan fingerprint density at radius 3 is 2.48 bits per heavy atom. The summed E-state index contributed by atoms with van der Waals surface area (Å²) in [5, 5.41) is 29.1. The summed E-state index contributed by atoms with van der Waals surface area (Å²) in [4.78, 5) is 12.8. The fraction of sp³-hybridized carbons (Fsp3) is 0.424. The van der Waals surface area contributed by atoms with E-state index in [9.17, 15) is 15.0 Å². The standard InChI is InChI=1S/C33H41N3O4/c1-4-33(32(38)39,21-27-15-14-24(2)28(20-27)22-37)29-16-17-30-31(25(29)3)34-35-36(30)18-10-5-6-11-19-40-23-26-12-8-7-9-13-26/h7-9,12-17,20,37H,4-6,10-11,18-19,21-23H2,1-3H3,(H,38,39). The van der Waals surface area contributed by atoms with Crippen LogP contribution in [0.5, 0.6) is 0 Å². The van der Waals surface area contributed by atoms with E-state index in [4.69, 9.17) is 4.74 Å². The predicted molar refractivity (Wildman–Crippen MR) is 157 cm³/mol. The molecule has 1 heterocycles. The Labute approximate surface area is 236 Å². The average molecular weight is 544 g/mol. The number of fused-ring (bicyclic) bond motifs is 1. The molecule has 0 aliphatic heterocycles. The van der Waals surface area contributed by atoms with Gasteiger partial charge in [-0.15, -0.1) is 5.10 Å². The van der Waals surface area contributed by atoms with E-state index in [0.29, 0.717) is 19.4 Å². The first-order chi connectivity index (χ1) is 19.4. The van der Waals surface area contributed by atoms with Crippen LogP contribution in [0.2, 0.25) is 0 Å². The molecule has 1 unspecified atom stereocenters. The van der Waals surface area contributed by atoms with Gasteiger partial charge in [0, 0.05) is 13.2 Å².